The van der Waals surface area contributed by atoms with Crippen LogP contribution in [0.4, 0.5) is 0 Å². The lowest BCUT2D eigenvalue weighted by atomic mass is 9.82. The van der Waals surface area contributed by atoms with Gasteiger partial charge in [0.15, 0.2) is 0 Å². The van der Waals surface area contributed by atoms with Crippen LogP contribution in [0, 0.1) is 13.8 Å². The third kappa shape index (κ3) is 3.54. The van der Waals surface area contributed by atoms with Crippen LogP contribution in [0.2, 0.25) is 0 Å². The van der Waals surface area contributed by atoms with E-state index in [1.807, 2.05) is 0 Å². The summed E-state index contributed by atoms with van der Waals surface area (Å²) in [5.74, 6) is 0.788. The Morgan fingerprint density at radius 3 is 2.41 bits per heavy atom. The SMILES string of the molecule is Cc1cc2c(c(Br)c1C)OC[C@](CN1CCOCC1)(N1CCOCC1)[C@H]2O. The summed E-state index contributed by atoms with van der Waals surface area (Å²) in [5, 5.41) is 11.7. The first-order valence-corrected chi connectivity index (χ1v) is 10.6. The first-order chi connectivity index (χ1) is 13.0. The molecule has 3 aliphatic heterocycles. The lowest BCUT2D eigenvalue weighted by Gasteiger charge is -2.52. The van der Waals surface area contributed by atoms with Crippen LogP contribution in [0.15, 0.2) is 10.5 Å². The molecule has 7 heteroatoms. The van der Waals surface area contributed by atoms with Crippen molar-refractivity contribution in [3.8, 4) is 5.75 Å². The Hall–Kier alpha value is -0.700. The summed E-state index contributed by atoms with van der Waals surface area (Å²) in [4.78, 5) is 4.77. The zero-order valence-corrected chi connectivity index (χ0v) is 17.8. The van der Waals surface area contributed by atoms with E-state index in [1.54, 1.807) is 0 Å². The minimum absolute atomic E-state index is 0.472. The van der Waals surface area contributed by atoms with Gasteiger partial charge in [-0.25, -0.2) is 0 Å². The van der Waals surface area contributed by atoms with Crippen LogP contribution >= 0.6 is 15.9 Å². The van der Waals surface area contributed by atoms with Crippen molar-refractivity contribution < 1.29 is 19.3 Å². The molecule has 0 unspecified atom stereocenters. The lowest BCUT2D eigenvalue weighted by molar-refractivity contribution is -0.125. The maximum Gasteiger partial charge on any atom is 0.139 e. The van der Waals surface area contributed by atoms with Crippen molar-refractivity contribution in [2.24, 2.45) is 0 Å². The van der Waals surface area contributed by atoms with Crippen molar-refractivity contribution in [2.45, 2.75) is 25.5 Å². The summed E-state index contributed by atoms with van der Waals surface area (Å²) in [6.07, 6.45) is -0.613. The predicted octanol–water partition coefficient (Wildman–Crippen LogP) is 1.89. The molecule has 0 radical (unpaired) electrons. The Morgan fingerprint density at radius 1 is 1.11 bits per heavy atom. The summed E-state index contributed by atoms with van der Waals surface area (Å²) in [6.45, 7) is 11.7. The predicted molar refractivity (Wildman–Crippen MR) is 106 cm³/mol. The number of aliphatic hydroxyl groups is 1. The topological polar surface area (TPSA) is 54.4 Å². The number of halogens is 1. The van der Waals surface area contributed by atoms with Gasteiger partial charge in [0.25, 0.3) is 0 Å². The number of nitrogens with zero attached hydrogens (tertiary/aromatic N) is 2. The molecule has 150 valence electrons. The highest BCUT2D eigenvalue weighted by molar-refractivity contribution is 9.10. The zero-order valence-electron chi connectivity index (χ0n) is 16.2. The van der Waals surface area contributed by atoms with E-state index in [0.717, 1.165) is 72.9 Å². The fraction of sp³-hybridized carbons (Fsp3) is 0.700. The Balaban J connectivity index is 1.72. The molecule has 1 N–H and O–H groups in total. The van der Waals surface area contributed by atoms with Crippen molar-refractivity contribution in [3.05, 3.63) is 27.2 Å². The number of rotatable bonds is 3. The van der Waals surface area contributed by atoms with Crippen molar-refractivity contribution >= 4 is 15.9 Å². The van der Waals surface area contributed by atoms with E-state index in [0.29, 0.717) is 19.8 Å². The highest BCUT2D eigenvalue weighted by atomic mass is 79.9. The third-order valence-corrected chi connectivity index (χ3v) is 7.22. The van der Waals surface area contributed by atoms with Gasteiger partial charge in [0, 0.05) is 38.3 Å². The van der Waals surface area contributed by atoms with Gasteiger partial charge in [0.05, 0.1) is 36.4 Å². The maximum atomic E-state index is 11.7. The van der Waals surface area contributed by atoms with Gasteiger partial charge >= 0.3 is 0 Å². The molecule has 2 saturated heterocycles. The Morgan fingerprint density at radius 2 is 1.74 bits per heavy atom. The highest BCUT2D eigenvalue weighted by Gasteiger charge is 2.50. The Labute approximate surface area is 169 Å². The van der Waals surface area contributed by atoms with Crippen LogP contribution in [0.3, 0.4) is 0 Å². The van der Waals surface area contributed by atoms with Crippen molar-refractivity contribution in [2.75, 3.05) is 65.8 Å². The summed E-state index contributed by atoms with van der Waals surface area (Å²) in [7, 11) is 0. The maximum absolute atomic E-state index is 11.7. The van der Waals surface area contributed by atoms with Crippen LogP contribution in [-0.4, -0.2) is 86.2 Å². The molecule has 0 saturated carbocycles. The van der Waals surface area contributed by atoms with E-state index in [9.17, 15) is 5.11 Å². The number of hydrogen-bond donors (Lipinski definition) is 1. The minimum Gasteiger partial charge on any atom is -0.490 e. The second-order valence-electron chi connectivity index (χ2n) is 7.83. The second kappa shape index (κ2) is 7.97. The summed E-state index contributed by atoms with van der Waals surface area (Å²) in [5.41, 5.74) is 2.73. The van der Waals surface area contributed by atoms with E-state index >= 15 is 0 Å². The van der Waals surface area contributed by atoms with E-state index in [-0.39, 0.29) is 0 Å². The molecule has 3 heterocycles. The molecule has 27 heavy (non-hydrogen) atoms. The Bertz CT molecular complexity index is 689. The molecule has 0 amide bonds. The monoisotopic (exact) mass is 440 g/mol. The van der Waals surface area contributed by atoms with Gasteiger partial charge < -0.3 is 19.3 Å². The number of aliphatic hydroxyl groups excluding tert-OH is 1. The second-order valence-corrected chi connectivity index (χ2v) is 8.63. The van der Waals surface area contributed by atoms with Gasteiger partial charge in [-0.1, -0.05) is 0 Å². The average molecular weight is 441 g/mol. The molecule has 2 atom stereocenters. The molecular weight excluding hydrogens is 412 g/mol. The summed E-state index contributed by atoms with van der Waals surface area (Å²) < 4.78 is 18.4. The zero-order chi connectivity index (χ0) is 19.0. The quantitative estimate of drug-likeness (QED) is 0.774. The standard InChI is InChI=1S/C20H29BrN2O4/c1-14-11-16-18(17(21)15(14)2)27-13-20(19(16)24,23-5-9-26-10-6-23)12-22-3-7-25-8-4-22/h11,19,24H,3-10,12-13H2,1-2H3/t19-,20-/m0/s1. The molecular formula is C20H29BrN2O4. The molecule has 0 spiro atoms. The highest BCUT2D eigenvalue weighted by Crippen LogP contribution is 2.46. The normalized spacial score (nSPS) is 30.0. The van der Waals surface area contributed by atoms with Crippen LogP contribution in [0.25, 0.3) is 0 Å². The van der Waals surface area contributed by atoms with E-state index < -0.39 is 11.6 Å². The first-order valence-electron chi connectivity index (χ1n) is 9.76. The lowest BCUT2D eigenvalue weighted by Crippen LogP contribution is -2.66. The van der Waals surface area contributed by atoms with E-state index in [2.05, 4.69) is 45.6 Å². The van der Waals surface area contributed by atoms with Crippen molar-refractivity contribution in [3.63, 3.8) is 0 Å². The fourth-order valence-electron chi connectivity index (χ4n) is 4.44. The van der Waals surface area contributed by atoms with Crippen molar-refractivity contribution in [1.82, 2.24) is 9.80 Å². The van der Waals surface area contributed by atoms with Crippen LogP contribution in [-0.2, 0) is 9.47 Å². The van der Waals surface area contributed by atoms with Gasteiger partial charge in [-0.05, 0) is 47.0 Å². The van der Waals surface area contributed by atoms with Gasteiger partial charge in [0.2, 0.25) is 0 Å². The molecule has 0 bridgehead atoms. The van der Waals surface area contributed by atoms with Crippen LogP contribution in [0.5, 0.6) is 5.75 Å². The van der Waals surface area contributed by atoms with Gasteiger partial charge in [-0.2, -0.15) is 0 Å². The van der Waals surface area contributed by atoms with Crippen molar-refractivity contribution in [1.29, 1.82) is 0 Å². The van der Waals surface area contributed by atoms with E-state index in [4.69, 9.17) is 14.2 Å². The van der Waals surface area contributed by atoms with Gasteiger partial charge in [-0.3, -0.25) is 9.80 Å². The van der Waals surface area contributed by atoms with Crippen LogP contribution < -0.4 is 4.74 Å². The number of benzene rings is 1. The fourth-order valence-corrected chi connectivity index (χ4v) is 5.10. The molecule has 6 nitrogen and oxygen atoms in total. The van der Waals surface area contributed by atoms with Gasteiger partial charge in [0.1, 0.15) is 18.5 Å². The largest absolute Gasteiger partial charge is 0.490 e. The molecule has 4 rings (SSSR count). The molecule has 1 aromatic carbocycles. The molecule has 0 aromatic heterocycles. The van der Waals surface area contributed by atoms with Crippen LogP contribution in [0.1, 0.15) is 22.8 Å². The minimum atomic E-state index is -0.613. The number of aryl methyl sites for hydroxylation is 1. The number of hydrogen-bond acceptors (Lipinski definition) is 6. The number of ether oxygens (including phenoxy) is 3. The average Bonchev–Trinajstić information content (AvgIpc) is 2.70. The molecule has 2 fully saturated rings. The number of fused-ring (bicyclic) bond motifs is 1. The molecule has 3 aliphatic rings. The number of morpholine rings is 2. The van der Waals surface area contributed by atoms with E-state index in [1.165, 1.54) is 0 Å². The first kappa shape index (κ1) is 19.6. The summed E-state index contributed by atoms with van der Waals surface area (Å²) >= 11 is 3.68. The third-order valence-electron chi connectivity index (χ3n) is 6.27. The molecule has 0 aliphatic carbocycles. The van der Waals surface area contributed by atoms with Gasteiger partial charge in [-0.15, -0.1) is 0 Å². The smallest absolute Gasteiger partial charge is 0.139 e. The Kier molecular flexibility index (Phi) is 5.79. The summed E-state index contributed by atoms with van der Waals surface area (Å²) in [6, 6.07) is 2.09. The molecule has 1 aromatic rings.